The third-order valence-electron chi connectivity index (χ3n) is 8.04. The molecular formula is C20H33N3O2. The minimum absolute atomic E-state index is 0.185. The second-order valence-electron chi connectivity index (χ2n) is 9.46. The van der Waals surface area contributed by atoms with Crippen LogP contribution in [-0.2, 0) is 9.47 Å². The molecule has 6 atom stereocenters. The second kappa shape index (κ2) is 5.59. The van der Waals surface area contributed by atoms with Crippen LogP contribution < -0.4 is 10.6 Å². The molecule has 1 spiro atoms. The Bertz CT molecular complexity index is 571. The maximum absolute atomic E-state index is 6.07. The Morgan fingerprint density at radius 3 is 2.28 bits per heavy atom. The molecule has 5 heteroatoms. The van der Waals surface area contributed by atoms with Crippen molar-refractivity contribution in [3.05, 3.63) is 0 Å². The minimum atomic E-state index is 0.185. The number of aliphatic imine (C=N–C) groups is 1. The lowest BCUT2D eigenvalue weighted by atomic mass is 9.46. The van der Waals surface area contributed by atoms with E-state index in [2.05, 4.69) is 31.4 Å². The normalized spacial score (nSPS) is 45.8. The van der Waals surface area contributed by atoms with E-state index >= 15 is 0 Å². The summed E-state index contributed by atoms with van der Waals surface area (Å²) in [5.41, 5.74) is 0.579. The predicted octanol–water partition coefficient (Wildman–Crippen LogP) is 2.31. The van der Waals surface area contributed by atoms with E-state index in [4.69, 9.17) is 14.5 Å². The number of hydrogen-bond acceptors (Lipinski definition) is 3. The van der Waals surface area contributed by atoms with Crippen LogP contribution in [0.4, 0.5) is 0 Å². The predicted molar refractivity (Wildman–Crippen MR) is 97.6 cm³/mol. The zero-order valence-electron chi connectivity index (χ0n) is 15.9. The summed E-state index contributed by atoms with van der Waals surface area (Å²) < 4.78 is 12.0. The summed E-state index contributed by atoms with van der Waals surface area (Å²) in [6.07, 6.45) is 7.30. The Morgan fingerprint density at radius 1 is 1.00 bits per heavy atom. The first-order chi connectivity index (χ1) is 12.1. The average Bonchev–Trinajstić information content (AvgIpc) is 3.15. The highest BCUT2D eigenvalue weighted by molar-refractivity contribution is 5.81. The number of fused-ring (bicyclic) bond motifs is 3. The first kappa shape index (κ1) is 16.4. The first-order valence-electron chi connectivity index (χ1n) is 10.4. The zero-order chi connectivity index (χ0) is 17.2. The second-order valence-corrected chi connectivity index (χ2v) is 9.46. The van der Waals surface area contributed by atoms with E-state index in [-0.39, 0.29) is 5.41 Å². The lowest BCUT2D eigenvalue weighted by molar-refractivity contribution is -0.171. The highest BCUT2D eigenvalue weighted by Crippen LogP contribution is 2.62. The van der Waals surface area contributed by atoms with Gasteiger partial charge in [0.05, 0.1) is 12.2 Å². The van der Waals surface area contributed by atoms with Crippen LogP contribution in [0.15, 0.2) is 4.99 Å². The molecule has 25 heavy (non-hydrogen) atoms. The van der Waals surface area contributed by atoms with Crippen molar-refractivity contribution in [2.24, 2.45) is 27.7 Å². The molecule has 0 aromatic carbocycles. The van der Waals surface area contributed by atoms with Crippen molar-refractivity contribution in [3.63, 3.8) is 0 Å². The van der Waals surface area contributed by atoms with Crippen LogP contribution in [-0.4, -0.2) is 50.0 Å². The molecule has 6 unspecified atom stereocenters. The summed E-state index contributed by atoms with van der Waals surface area (Å²) in [5, 5.41) is 7.65. The van der Waals surface area contributed by atoms with Crippen LogP contribution in [0.3, 0.4) is 0 Å². The van der Waals surface area contributed by atoms with Crippen LogP contribution in [0.1, 0.15) is 52.9 Å². The third-order valence-corrected chi connectivity index (χ3v) is 8.04. The molecule has 5 fully saturated rings. The maximum Gasteiger partial charge on any atom is 0.191 e. The van der Waals surface area contributed by atoms with Crippen LogP contribution in [0.25, 0.3) is 0 Å². The van der Waals surface area contributed by atoms with Gasteiger partial charge in [-0.25, -0.2) is 0 Å². The molecule has 0 radical (unpaired) electrons. The molecule has 3 saturated carbocycles. The molecule has 0 bridgehead atoms. The van der Waals surface area contributed by atoms with Gasteiger partial charge in [-0.2, -0.15) is 0 Å². The molecule has 0 aromatic rings. The summed E-state index contributed by atoms with van der Waals surface area (Å²) >= 11 is 0. The third kappa shape index (κ3) is 2.11. The Balaban J connectivity index is 1.30. The fourth-order valence-corrected chi connectivity index (χ4v) is 6.66. The van der Waals surface area contributed by atoms with Crippen molar-refractivity contribution in [2.45, 2.75) is 77.2 Å². The van der Waals surface area contributed by atoms with Gasteiger partial charge in [-0.15, -0.1) is 0 Å². The molecule has 5 rings (SSSR count). The number of nitrogens with zero attached hydrogens (tertiary/aromatic N) is 1. The van der Waals surface area contributed by atoms with Crippen molar-refractivity contribution < 1.29 is 9.47 Å². The lowest BCUT2D eigenvalue weighted by Gasteiger charge is -2.63. The quantitative estimate of drug-likeness (QED) is 0.608. The topological polar surface area (TPSA) is 54.9 Å². The van der Waals surface area contributed by atoms with E-state index in [1.54, 1.807) is 0 Å². The fraction of sp³-hybridized carbons (Fsp3) is 0.950. The molecule has 2 heterocycles. The van der Waals surface area contributed by atoms with Crippen LogP contribution in [0.5, 0.6) is 0 Å². The van der Waals surface area contributed by atoms with Gasteiger partial charge in [-0.1, -0.05) is 20.3 Å². The molecule has 2 saturated heterocycles. The summed E-state index contributed by atoms with van der Waals surface area (Å²) in [7, 11) is 0. The van der Waals surface area contributed by atoms with Crippen molar-refractivity contribution in [2.75, 3.05) is 19.8 Å². The molecular weight excluding hydrogens is 314 g/mol. The molecule has 140 valence electrons. The maximum atomic E-state index is 6.07. The van der Waals surface area contributed by atoms with Crippen LogP contribution in [0, 0.1) is 22.7 Å². The minimum Gasteiger partial charge on any atom is -0.377 e. The Hall–Kier alpha value is -0.810. The number of ether oxygens (including phenoxy) is 2. The summed E-state index contributed by atoms with van der Waals surface area (Å²) in [6, 6.07) is 1.01. The number of rotatable bonds is 3. The van der Waals surface area contributed by atoms with Gasteiger partial charge in [-0.05, 0) is 32.6 Å². The Kier molecular flexibility index (Phi) is 3.66. The molecule has 2 aliphatic heterocycles. The summed E-state index contributed by atoms with van der Waals surface area (Å²) in [4.78, 5) is 4.80. The highest BCUT2D eigenvalue weighted by atomic mass is 16.5. The molecule has 0 amide bonds. The van der Waals surface area contributed by atoms with E-state index in [1.807, 2.05) is 0 Å². The van der Waals surface area contributed by atoms with Gasteiger partial charge in [0.25, 0.3) is 0 Å². The zero-order valence-corrected chi connectivity index (χ0v) is 15.9. The largest absolute Gasteiger partial charge is 0.377 e. The standard InChI is InChI=1S/C20H33N3O2/c1-4-21-18(22-14-12-6-10-24-16(12)19(14,2)3)23-15-13-7-11-25-17(13)20(15)8-5-9-20/h12-17H,4-11H2,1-3H3,(H2,21,22,23). The summed E-state index contributed by atoms with van der Waals surface area (Å²) in [5.74, 6) is 2.34. The lowest BCUT2D eigenvalue weighted by Crippen LogP contribution is -2.74. The van der Waals surface area contributed by atoms with Gasteiger partial charge in [0.1, 0.15) is 0 Å². The fourth-order valence-electron chi connectivity index (χ4n) is 6.66. The van der Waals surface area contributed by atoms with Gasteiger partial charge in [0.2, 0.25) is 0 Å². The van der Waals surface area contributed by atoms with E-state index in [9.17, 15) is 0 Å². The van der Waals surface area contributed by atoms with Gasteiger partial charge in [0, 0.05) is 54.5 Å². The molecule has 3 aliphatic carbocycles. The highest BCUT2D eigenvalue weighted by Gasteiger charge is 2.67. The van der Waals surface area contributed by atoms with Crippen molar-refractivity contribution >= 4 is 5.96 Å². The molecule has 5 aliphatic rings. The van der Waals surface area contributed by atoms with Crippen LogP contribution in [0.2, 0.25) is 0 Å². The summed E-state index contributed by atoms with van der Waals surface area (Å²) in [6.45, 7) is 9.46. The monoisotopic (exact) mass is 347 g/mol. The number of nitrogens with one attached hydrogen (secondary N) is 2. The smallest absolute Gasteiger partial charge is 0.191 e. The molecule has 5 nitrogen and oxygen atoms in total. The van der Waals surface area contributed by atoms with Gasteiger partial charge < -0.3 is 20.1 Å². The van der Waals surface area contributed by atoms with Crippen LogP contribution >= 0.6 is 0 Å². The molecule has 2 N–H and O–H groups in total. The Labute approximate surface area is 151 Å². The van der Waals surface area contributed by atoms with Crippen molar-refractivity contribution in [1.82, 2.24) is 10.6 Å². The van der Waals surface area contributed by atoms with E-state index in [0.717, 1.165) is 25.7 Å². The van der Waals surface area contributed by atoms with Gasteiger partial charge in [-0.3, -0.25) is 4.99 Å². The Morgan fingerprint density at radius 2 is 1.64 bits per heavy atom. The van der Waals surface area contributed by atoms with E-state index in [0.29, 0.717) is 41.5 Å². The van der Waals surface area contributed by atoms with Crippen molar-refractivity contribution in [1.29, 1.82) is 0 Å². The van der Waals surface area contributed by atoms with Gasteiger partial charge >= 0.3 is 0 Å². The SMILES string of the molecule is CCN=C(NC1C2CCOC2C1(C)C)NC1C2CCOC2C12CCC2. The average molecular weight is 348 g/mol. The van der Waals surface area contributed by atoms with Crippen molar-refractivity contribution in [3.8, 4) is 0 Å². The van der Waals surface area contributed by atoms with E-state index in [1.165, 1.54) is 32.1 Å². The van der Waals surface area contributed by atoms with E-state index < -0.39 is 0 Å². The number of hydrogen-bond donors (Lipinski definition) is 2. The van der Waals surface area contributed by atoms with Gasteiger partial charge in [0.15, 0.2) is 5.96 Å². The molecule has 0 aromatic heterocycles. The number of guanidine groups is 1. The first-order valence-corrected chi connectivity index (χ1v) is 10.4.